The molecule has 6 heteroatoms. The zero-order valence-corrected chi connectivity index (χ0v) is 9.81. The maximum atomic E-state index is 11.8. The van der Waals surface area contributed by atoms with Crippen LogP contribution in [0.4, 0.5) is 5.69 Å². The Labute approximate surface area is 94.8 Å². The third kappa shape index (κ3) is 2.72. The van der Waals surface area contributed by atoms with Gasteiger partial charge in [0.05, 0.1) is 22.9 Å². The molecular weight excluding hydrogens is 230 g/mol. The average molecular weight is 245 g/mol. The highest BCUT2D eigenvalue weighted by Crippen LogP contribution is 2.24. The van der Waals surface area contributed by atoms with Crippen LogP contribution in [-0.4, -0.2) is 37.6 Å². The van der Waals surface area contributed by atoms with Crippen LogP contribution in [0, 0.1) is 0 Å². The van der Waals surface area contributed by atoms with E-state index in [4.69, 9.17) is 5.11 Å². The molecule has 1 rings (SSSR count). The Bertz CT molecular complexity index is 444. The molecule has 0 saturated heterocycles. The van der Waals surface area contributed by atoms with Gasteiger partial charge in [-0.2, -0.15) is 0 Å². The van der Waals surface area contributed by atoms with Gasteiger partial charge in [0.2, 0.25) is 0 Å². The lowest BCUT2D eigenvalue weighted by Crippen LogP contribution is -2.21. The molecule has 16 heavy (non-hydrogen) atoms. The lowest BCUT2D eigenvalue weighted by atomic mass is 10.3. The highest BCUT2D eigenvalue weighted by atomic mass is 32.2. The lowest BCUT2D eigenvalue weighted by Gasteiger charge is -2.18. The van der Waals surface area contributed by atoms with Crippen molar-refractivity contribution >= 4 is 15.5 Å². The van der Waals surface area contributed by atoms with Crippen molar-refractivity contribution in [3.63, 3.8) is 0 Å². The summed E-state index contributed by atoms with van der Waals surface area (Å²) in [6.07, 6.45) is 0. The number of hydrogen-bond acceptors (Lipinski definition) is 5. The Morgan fingerprint density at radius 2 is 1.94 bits per heavy atom. The maximum Gasteiger partial charge on any atom is 0.182 e. The number of rotatable bonds is 5. The SMILES string of the molecule is CCN(O)c1ccccc1S(=O)(=O)CCO. The molecule has 0 heterocycles. The van der Waals surface area contributed by atoms with E-state index in [1.54, 1.807) is 19.1 Å². The predicted molar refractivity (Wildman–Crippen MR) is 60.4 cm³/mol. The first kappa shape index (κ1) is 13.0. The first-order chi connectivity index (χ1) is 7.53. The van der Waals surface area contributed by atoms with E-state index in [2.05, 4.69) is 0 Å². The molecule has 1 aromatic rings. The molecule has 0 amide bonds. The van der Waals surface area contributed by atoms with Gasteiger partial charge in [-0.15, -0.1) is 0 Å². The van der Waals surface area contributed by atoms with Crippen LogP contribution in [0.25, 0.3) is 0 Å². The number of nitrogens with zero attached hydrogens (tertiary/aromatic N) is 1. The minimum absolute atomic E-state index is 0.0356. The maximum absolute atomic E-state index is 11.8. The Kier molecular flexibility index (Phi) is 4.28. The van der Waals surface area contributed by atoms with Gasteiger partial charge in [-0.3, -0.25) is 10.3 Å². The average Bonchev–Trinajstić information content (AvgIpc) is 2.28. The Morgan fingerprint density at radius 1 is 1.31 bits per heavy atom. The topological polar surface area (TPSA) is 77.8 Å². The fraction of sp³-hybridized carbons (Fsp3) is 0.400. The van der Waals surface area contributed by atoms with E-state index < -0.39 is 16.4 Å². The van der Waals surface area contributed by atoms with Gasteiger partial charge < -0.3 is 5.11 Å². The lowest BCUT2D eigenvalue weighted by molar-refractivity contribution is 0.258. The van der Waals surface area contributed by atoms with Gasteiger partial charge in [-0.05, 0) is 19.1 Å². The summed E-state index contributed by atoms with van der Waals surface area (Å²) in [5, 5.41) is 19.1. The standard InChI is InChI=1S/C10H15NO4S/c1-2-11(13)9-5-3-4-6-10(9)16(14,15)8-7-12/h3-6,12-13H,2,7-8H2,1H3. The minimum Gasteiger partial charge on any atom is -0.395 e. The first-order valence-corrected chi connectivity index (χ1v) is 6.57. The smallest absolute Gasteiger partial charge is 0.182 e. The van der Waals surface area contributed by atoms with Crippen molar-refractivity contribution in [2.24, 2.45) is 0 Å². The van der Waals surface area contributed by atoms with Gasteiger partial charge in [-0.25, -0.2) is 8.42 Å². The first-order valence-electron chi connectivity index (χ1n) is 4.92. The molecule has 0 aliphatic carbocycles. The van der Waals surface area contributed by atoms with Crippen molar-refractivity contribution in [1.82, 2.24) is 0 Å². The number of benzene rings is 1. The zero-order valence-electron chi connectivity index (χ0n) is 9.00. The molecule has 0 aliphatic rings. The molecule has 0 spiro atoms. The van der Waals surface area contributed by atoms with Crippen LogP contribution in [0.3, 0.4) is 0 Å². The molecule has 0 saturated carbocycles. The van der Waals surface area contributed by atoms with E-state index in [0.29, 0.717) is 0 Å². The fourth-order valence-corrected chi connectivity index (χ4v) is 2.57. The Morgan fingerprint density at radius 3 is 2.50 bits per heavy atom. The monoisotopic (exact) mass is 245 g/mol. The highest BCUT2D eigenvalue weighted by Gasteiger charge is 2.19. The normalized spacial score (nSPS) is 11.4. The van der Waals surface area contributed by atoms with Crippen molar-refractivity contribution in [2.75, 3.05) is 24.0 Å². The van der Waals surface area contributed by atoms with Crippen LogP contribution < -0.4 is 5.06 Å². The quantitative estimate of drug-likeness (QED) is 0.745. The van der Waals surface area contributed by atoms with Crippen LogP contribution in [0.2, 0.25) is 0 Å². The predicted octanol–water partition coefficient (Wildman–Crippen LogP) is 0.668. The van der Waals surface area contributed by atoms with Crippen LogP contribution in [0.1, 0.15) is 6.92 Å². The molecule has 0 radical (unpaired) electrons. The van der Waals surface area contributed by atoms with E-state index in [0.717, 1.165) is 5.06 Å². The van der Waals surface area contributed by atoms with E-state index in [1.807, 2.05) is 0 Å². The van der Waals surface area contributed by atoms with Crippen LogP contribution >= 0.6 is 0 Å². The molecule has 0 atom stereocenters. The van der Waals surface area contributed by atoms with Gasteiger partial charge in [-0.1, -0.05) is 12.1 Å². The summed E-state index contributed by atoms with van der Waals surface area (Å²) in [4.78, 5) is 0.0356. The number of para-hydroxylation sites is 1. The second-order valence-electron chi connectivity index (χ2n) is 3.23. The molecule has 1 aromatic carbocycles. The zero-order chi connectivity index (χ0) is 12.2. The summed E-state index contributed by atoms with van der Waals surface area (Å²) in [6, 6.07) is 6.16. The molecule has 5 nitrogen and oxygen atoms in total. The highest BCUT2D eigenvalue weighted by molar-refractivity contribution is 7.91. The summed E-state index contributed by atoms with van der Waals surface area (Å²) in [5.74, 6) is -0.346. The number of hydrogen-bond donors (Lipinski definition) is 2. The third-order valence-electron chi connectivity index (χ3n) is 2.14. The van der Waals surface area contributed by atoms with Crippen LogP contribution in [0.15, 0.2) is 29.2 Å². The van der Waals surface area contributed by atoms with Crippen molar-refractivity contribution < 1.29 is 18.7 Å². The summed E-state index contributed by atoms with van der Waals surface area (Å²) < 4.78 is 23.6. The summed E-state index contributed by atoms with van der Waals surface area (Å²) in [7, 11) is -3.55. The van der Waals surface area contributed by atoms with Gasteiger partial charge in [0.15, 0.2) is 9.84 Å². The van der Waals surface area contributed by atoms with Gasteiger partial charge in [0.1, 0.15) is 0 Å². The Balaban J connectivity index is 3.23. The number of anilines is 1. The molecule has 90 valence electrons. The second-order valence-corrected chi connectivity index (χ2v) is 5.30. The van der Waals surface area contributed by atoms with Crippen molar-refractivity contribution in [3.8, 4) is 0 Å². The second kappa shape index (κ2) is 5.29. The fourth-order valence-electron chi connectivity index (χ4n) is 1.33. The Hall–Kier alpha value is -1.11. The van der Waals surface area contributed by atoms with Gasteiger partial charge in [0.25, 0.3) is 0 Å². The van der Waals surface area contributed by atoms with Crippen LogP contribution in [-0.2, 0) is 9.84 Å². The molecule has 0 fully saturated rings. The molecule has 0 aliphatic heterocycles. The van der Waals surface area contributed by atoms with E-state index >= 15 is 0 Å². The summed E-state index contributed by atoms with van der Waals surface area (Å²) >= 11 is 0. The summed E-state index contributed by atoms with van der Waals surface area (Å²) in [5.41, 5.74) is 0.235. The van der Waals surface area contributed by atoms with Gasteiger partial charge in [0, 0.05) is 6.54 Å². The number of aliphatic hydroxyl groups is 1. The van der Waals surface area contributed by atoms with E-state index in [-0.39, 0.29) is 22.9 Å². The molecule has 0 aromatic heterocycles. The van der Waals surface area contributed by atoms with E-state index in [9.17, 15) is 13.6 Å². The molecule has 0 bridgehead atoms. The third-order valence-corrected chi connectivity index (χ3v) is 3.87. The molecule has 2 N–H and O–H groups in total. The number of hydroxylamine groups is 1. The van der Waals surface area contributed by atoms with Crippen molar-refractivity contribution in [1.29, 1.82) is 0 Å². The van der Waals surface area contributed by atoms with Crippen molar-refractivity contribution in [2.45, 2.75) is 11.8 Å². The molecular formula is C10H15NO4S. The molecule has 0 unspecified atom stereocenters. The largest absolute Gasteiger partial charge is 0.395 e. The van der Waals surface area contributed by atoms with Crippen molar-refractivity contribution in [3.05, 3.63) is 24.3 Å². The number of aliphatic hydroxyl groups excluding tert-OH is 1. The van der Waals surface area contributed by atoms with Crippen LogP contribution in [0.5, 0.6) is 0 Å². The van der Waals surface area contributed by atoms with Gasteiger partial charge >= 0.3 is 0 Å². The minimum atomic E-state index is -3.55. The number of sulfone groups is 1. The van der Waals surface area contributed by atoms with E-state index in [1.165, 1.54) is 12.1 Å². The summed E-state index contributed by atoms with van der Waals surface area (Å²) in [6.45, 7) is 1.55.